The molecule has 0 spiro atoms. The van der Waals surface area contributed by atoms with Gasteiger partial charge in [0.25, 0.3) is 5.91 Å². The van der Waals surface area contributed by atoms with Crippen LogP contribution in [0.5, 0.6) is 0 Å². The number of carbonyl (C=O) groups is 2. The minimum absolute atomic E-state index is 0.0139. The van der Waals surface area contributed by atoms with E-state index in [0.29, 0.717) is 5.56 Å². The van der Waals surface area contributed by atoms with Crippen molar-refractivity contribution in [2.45, 2.75) is 13.2 Å². The fraction of sp³-hybridized carbons (Fsp3) is 0.125. The Labute approximate surface area is 126 Å². The molecule has 4 N–H and O–H groups in total. The number of rotatable bonds is 4. The molecule has 1 amide bonds. The van der Waals surface area contributed by atoms with Crippen molar-refractivity contribution in [3.8, 4) is 0 Å². The fourth-order valence-electron chi connectivity index (χ4n) is 2.02. The summed E-state index contributed by atoms with van der Waals surface area (Å²) in [5.41, 5.74) is 1.24. The third kappa shape index (κ3) is 3.49. The molecular formula is C16H15NO5. The van der Waals surface area contributed by atoms with Crippen LogP contribution in [-0.2, 0) is 0 Å². The van der Waals surface area contributed by atoms with Gasteiger partial charge in [-0.25, -0.2) is 4.79 Å². The molecule has 0 heterocycles. The summed E-state index contributed by atoms with van der Waals surface area (Å²) in [6.45, 7) is 1.78. The van der Waals surface area contributed by atoms with Crippen LogP contribution in [0.2, 0.25) is 0 Å². The van der Waals surface area contributed by atoms with E-state index in [4.69, 9.17) is 5.11 Å². The minimum Gasteiger partial charge on any atom is -0.478 e. The molecule has 0 aromatic heterocycles. The minimum atomic E-state index is -1.83. The average molecular weight is 301 g/mol. The quantitative estimate of drug-likeness (QED) is 0.646. The summed E-state index contributed by atoms with van der Waals surface area (Å²) in [6.07, 6.45) is -1.83. The molecule has 0 unspecified atom stereocenters. The van der Waals surface area contributed by atoms with E-state index in [1.165, 1.54) is 12.1 Å². The molecule has 2 aromatic rings. The van der Waals surface area contributed by atoms with E-state index in [1.807, 2.05) is 0 Å². The van der Waals surface area contributed by atoms with Gasteiger partial charge < -0.3 is 20.6 Å². The number of hydrogen-bond acceptors (Lipinski definition) is 4. The van der Waals surface area contributed by atoms with Gasteiger partial charge in [0.05, 0.1) is 5.56 Å². The average Bonchev–Trinajstić information content (AvgIpc) is 2.47. The van der Waals surface area contributed by atoms with E-state index < -0.39 is 18.2 Å². The summed E-state index contributed by atoms with van der Waals surface area (Å²) in [7, 11) is 0. The number of carbonyl (C=O) groups excluding carboxylic acids is 1. The molecule has 0 aliphatic rings. The van der Waals surface area contributed by atoms with Crippen LogP contribution in [0, 0.1) is 6.92 Å². The van der Waals surface area contributed by atoms with Crippen LogP contribution < -0.4 is 5.32 Å². The number of anilines is 1. The van der Waals surface area contributed by atoms with E-state index in [-0.39, 0.29) is 16.8 Å². The molecule has 0 aliphatic heterocycles. The standard InChI is InChI=1S/C16H15NO5/c1-9-4-2-3-5-13(9)14(18)17-12-7-10(15(19)20)6-11(8-12)16(21)22/h2-8,15,19-20H,1H3,(H,17,18)(H,21,22). The van der Waals surface area contributed by atoms with Crippen molar-refractivity contribution >= 4 is 17.6 Å². The Hall–Kier alpha value is -2.70. The first kappa shape index (κ1) is 15.7. The Morgan fingerprint density at radius 2 is 1.77 bits per heavy atom. The zero-order valence-corrected chi connectivity index (χ0v) is 11.8. The molecule has 0 fully saturated rings. The first-order valence-corrected chi connectivity index (χ1v) is 6.50. The van der Waals surface area contributed by atoms with Crippen molar-refractivity contribution in [3.63, 3.8) is 0 Å². The van der Waals surface area contributed by atoms with Gasteiger partial charge in [-0.3, -0.25) is 4.79 Å². The predicted molar refractivity (Wildman–Crippen MR) is 79.7 cm³/mol. The van der Waals surface area contributed by atoms with Crippen molar-refractivity contribution in [1.29, 1.82) is 0 Å². The molecule has 22 heavy (non-hydrogen) atoms. The summed E-state index contributed by atoms with van der Waals surface area (Å²) in [6, 6.07) is 10.7. The molecule has 2 rings (SSSR count). The number of aromatic carboxylic acids is 1. The first-order chi connectivity index (χ1) is 10.4. The Balaban J connectivity index is 2.35. The number of nitrogens with one attached hydrogen (secondary N) is 1. The van der Waals surface area contributed by atoms with Gasteiger partial charge in [0, 0.05) is 16.8 Å². The van der Waals surface area contributed by atoms with Crippen LogP contribution in [0.1, 0.15) is 38.1 Å². The highest BCUT2D eigenvalue weighted by Crippen LogP contribution is 2.20. The number of aliphatic hydroxyl groups is 2. The highest BCUT2D eigenvalue weighted by molar-refractivity contribution is 6.05. The summed E-state index contributed by atoms with van der Waals surface area (Å²) in [5.74, 6) is -1.63. The summed E-state index contributed by atoms with van der Waals surface area (Å²) < 4.78 is 0. The Morgan fingerprint density at radius 3 is 2.36 bits per heavy atom. The zero-order chi connectivity index (χ0) is 16.3. The van der Waals surface area contributed by atoms with Crippen LogP contribution in [0.25, 0.3) is 0 Å². The largest absolute Gasteiger partial charge is 0.478 e. The molecular weight excluding hydrogens is 286 g/mol. The summed E-state index contributed by atoms with van der Waals surface area (Å²) >= 11 is 0. The molecule has 114 valence electrons. The van der Waals surface area contributed by atoms with Crippen LogP contribution in [0.15, 0.2) is 42.5 Å². The van der Waals surface area contributed by atoms with Gasteiger partial charge in [-0.1, -0.05) is 18.2 Å². The number of aryl methyl sites for hydroxylation is 1. The van der Waals surface area contributed by atoms with Crippen LogP contribution in [-0.4, -0.2) is 27.2 Å². The predicted octanol–water partition coefficient (Wildman–Crippen LogP) is 1.93. The number of amides is 1. The maximum absolute atomic E-state index is 12.2. The van der Waals surface area contributed by atoms with Gasteiger partial charge >= 0.3 is 5.97 Å². The number of carboxylic acid groups (broad SMARTS) is 1. The monoisotopic (exact) mass is 301 g/mol. The van der Waals surface area contributed by atoms with Gasteiger partial charge in [-0.2, -0.15) is 0 Å². The maximum atomic E-state index is 12.2. The summed E-state index contributed by atoms with van der Waals surface area (Å²) in [5, 5.41) is 30.0. The lowest BCUT2D eigenvalue weighted by Gasteiger charge is -2.11. The lowest BCUT2D eigenvalue weighted by Crippen LogP contribution is -2.14. The van der Waals surface area contributed by atoms with E-state index in [9.17, 15) is 19.8 Å². The first-order valence-electron chi connectivity index (χ1n) is 6.50. The number of carboxylic acids is 1. The van der Waals surface area contributed by atoms with E-state index in [1.54, 1.807) is 31.2 Å². The number of hydrogen-bond donors (Lipinski definition) is 4. The lowest BCUT2D eigenvalue weighted by atomic mass is 10.1. The zero-order valence-electron chi connectivity index (χ0n) is 11.8. The van der Waals surface area contributed by atoms with Crippen LogP contribution in [0.3, 0.4) is 0 Å². The normalized spacial score (nSPS) is 10.5. The van der Waals surface area contributed by atoms with Crippen molar-refractivity contribution in [3.05, 3.63) is 64.7 Å². The van der Waals surface area contributed by atoms with E-state index in [0.717, 1.165) is 11.6 Å². The summed E-state index contributed by atoms with van der Waals surface area (Å²) in [4.78, 5) is 23.3. The fourth-order valence-corrected chi connectivity index (χ4v) is 2.02. The second-order valence-corrected chi connectivity index (χ2v) is 4.79. The molecule has 0 bridgehead atoms. The van der Waals surface area contributed by atoms with Gasteiger partial charge in [-0.15, -0.1) is 0 Å². The lowest BCUT2D eigenvalue weighted by molar-refractivity contribution is -0.0424. The third-order valence-corrected chi connectivity index (χ3v) is 3.15. The number of benzene rings is 2. The number of aliphatic hydroxyl groups excluding tert-OH is 1. The molecule has 0 aliphatic carbocycles. The van der Waals surface area contributed by atoms with E-state index >= 15 is 0 Å². The SMILES string of the molecule is Cc1ccccc1C(=O)Nc1cc(C(=O)O)cc(C(O)O)c1. The highest BCUT2D eigenvalue weighted by Gasteiger charge is 2.14. The molecule has 0 saturated heterocycles. The van der Waals surface area contributed by atoms with Crippen molar-refractivity contribution in [2.75, 3.05) is 5.32 Å². The Kier molecular flexibility index (Phi) is 4.55. The molecule has 2 aromatic carbocycles. The molecule has 0 atom stereocenters. The van der Waals surface area contributed by atoms with Crippen molar-refractivity contribution in [2.24, 2.45) is 0 Å². The topological polar surface area (TPSA) is 107 Å². The van der Waals surface area contributed by atoms with E-state index in [2.05, 4.69) is 5.32 Å². The third-order valence-electron chi connectivity index (χ3n) is 3.15. The van der Waals surface area contributed by atoms with Gasteiger partial charge in [-0.05, 0) is 36.8 Å². The molecule has 0 saturated carbocycles. The van der Waals surface area contributed by atoms with Gasteiger partial charge in [0.15, 0.2) is 6.29 Å². The maximum Gasteiger partial charge on any atom is 0.335 e. The Morgan fingerprint density at radius 1 is 1.09 bits per heavy atom. The van der Waals surface area contributed by atoms with Crippen LogP contribution >= 0.6 is 0 Å². The second kappa shape index (κ2) is 6.38. The molecule has 6 heteroatoms. The van der Waals surface area contributed by atoms with Gasteiger partial charge in [0.1, 0.15) is 0 Å². The van der Waals surface area contributed by atoms with Crippen molar-refractivity contribution < 1.29 is 24.9 Å². The second-order valence-electron chi connectivity index (χ2n) is 4.79. The molecule has 0 radical (unpaired) electrons. The van der Waals surface area contributed by atoms with Crippen molar-refractivity contribution in [1.82, 2.24) is 0 Å². The van der Waals surface area contributed by atoms with Gasteiger partial charge in [0.2, 0.25) is 0 Å². The van der Waals surface area contributed by atoms with Crippen LogP contribution in [0.4, 0.5) is 5.69 Å². The highest BCUT2D eigenvalue weighted by atomic mass is 16.5. The molecule has 6 nitrogen and oxygen atoms in total. The smallest absolute Gasteiger partial charge is 0.335 e. The Bertz CT molecular complexity index is 724.